The standard InChI is InChI=1S/C18H25F3.2Re/c19-15-8-14(9-16(20)11-15)17-7-6-13(10-18(17)21)12-4-2-1-3-5-12;;/h1,11-16H,2-10H2;;/q-2;;. The summed E-state index contributed by atoms with van der Waals surface area (Å²) >= 11 is 0. The predicted octanol–water partition coefficient (Wildman–Crippen LogP) is 5.69. The van der Waals surface area contributed by atoms with Gasteiger partial charge < -0.3 is 6.42 Å². The quantitative estimate of drug-likeness (QED) is 0.332. The minimum absolute atomic E-state index is 0. The van der Waals surface area contributed by atoms with E-state index in [9.17, 15) is 13.2 Å². The van der Waals surface area contributed by atoms with Gasteiger partial charge in [-0.2, -0.15) is 12.8 Å². The van der Waals surface area contributed by atoms with E-state index in [1.807, 2.05) is 0 Å². The predicted molar refractivity (Wildman–Crippen MR) is 78.5 cm³/mol. The number of halogens is 3. The normalized spacial score (nSPS) is 36.1. The molecule has 23 heavy (non-hydrogen) atoms. The Bertz CT molecular complexity index is 384. The first-order valence-electron chi connectivity index (χ1n) is 8.45. The molecule has 0 aromatic rings. The van der Waals surface area contributed by atoms with Gasteiger partial charge in [-0.25, -0.2) is 4.39 Å². The molecule has 134 valence electrons. The summed E-state index contributed by atoms with van der Waals surface area (Å²) in [6.07, 6.45) is 8.47. The van der Waals surface area contributed by atoms with Crippen molar-refractivity contribution in [3.8, 4) is 0 Å². The maximum absolute atomic E-state index is 14.5. The van der Waals surface area contributed by atoms with Gasteiger partial charge in [-0.15, -0.1) is 0 Å². The fourth-order valence-electron chi connectivity index (χ4n) is 4.50. The molecule has 0 heterocycles. The van der Waals surface area contributed by atoms with Crippen LogP contribution >= 0.6 is 0 Å². The summed E-state index contributed by atoms with van der Waals surface area (Å²) in [6, 6.07) is 0. The molecule has 3 aliphatic carbocycles. The van der Waals surface area contributed by atoms with Crippen LogP contribution in [0.25, 0.3) is 0 Å². The molecule has 0 amide bonds. The van der Waals surface area contributed by atoms with Crippen molar-refractivity contribution in [1.29, 1.82) is 0 Å². The molecule has 2 fully saturated rings. The molecule has 0 spiro atoms. The molecule has 0 N–H and O–H groups in total. The molecule has 0 nitrogen and oxygen atoms in total. The van der Waals surface area contributed by atoms with Crippen LogP contribution in [0.15, 0.2) is 11.4 Å². The maximum atomic E-state index is 14.5. The Labute approximate surface area is 165 Å². The van der Waals surface area contributed by atoms with Crippen LogP contribution in [0.5, 0.6) is 0 Å². The maximum Gasteiger partial charge on any atom is 0.0997 e. The van der Waals surface area contributed by atoms with Gasteiger partial charge in [0, 0.05) is 47.3 Å². The van der Waals surface area contributed by atoms with Gasteiger partial charge in [-0.05, 0) is 61.4 Å². The van der Waals surface area contributed by atoms with Gasteiger partial charge in [-0.1, -0.05) is 12.8 Å². The summed E-state index contributed by atoms with van der Waals surface area (Å²) < 4.78 is 41.5. The van der Waals surface area contributed by atoms with Gasteiger partial charge in [-0.3, -0.25) is 15.2 Å². The van der Waals surface area contributed by atoms with Crippen molar-refractivity contribution in [2.75, 3.05) is 0 Å². The third-order valence-electron chi connectivity index (χ3n) is 5.65. The molecule has 3 atom stereocenters. The van der Waals surface area contributed by atoms with Crippen molar-refractivity contribution in [3.05, 3.63) is 24.2 Å². The van der Waals surface area contributed by atoms with Gasteiger partial charge in [0.25, 0.3) is 0 Å². The largest absolute Gasteiger partial charge is 0.328 e. The van der Waals surface area contributed by atoms with E-state index in [-0.39, 0.29) is 65.4 Å². The third kappa shape index (κ3) is 5.67. The molecule has 2 saturated carbocycles. The molecule has 0 saturated heterocycles. The molecule has 0 bridgehead atoms. The smallest absolute Gasteiger partial charge is 0.0997 e. The minimum atomic E-state index is -1.22. The van der Waals surface area contributed by atoms with E-state index in [1.54, 1.807) is 0 Å². The Morgan fingerprint density at radius 3 is 2.04 bits per heavy atom. The number of hydrogen-bond acceptors (Lipinski definition) is 0. The summed E-state index contributed by atoms with van der Waals surface area (Å²) in [5.41, 5.74) is 0.729. The number of hydrogen-bond donors (Lipinski definition) is 0. The summed E-state index contributed by atoms with van der Waals surface area (Å²) in [4.78, 5) is 0. The minimum Gasteiger partial charge on any atom is -0.328 e. The van der Waals surface area contributed by atoms with E-state index in [1.165, 1.54) is 12.8 Å². The second-order valence-electron chi connectivity index (χ2n) is 7.03. The van der Waals surface area contributed by atoms with E-state index in [2.05, 4.69) is 6.42 Å². The SMILES string of the molecule is FC1=C(C2CC(F)[CH-]C(F)C2)CCC(C2CC[CH-]CC2)C1.[Re].[Re]. The zero-order chi connectivity index (χ0) is 14.8. The summed E-state index contributed by atoms with van der Waals surface area (Å²) in [7, 11) is 0. The second-order valence-corrected chi connectivity index (χ2v) is 7.03. The van der Waals surface area contributed by atoms with Gasteiger partial charge in [0.1, 0.15) is 0 Å². The van der Waals surface area contributed by atoms with Crippen molar-refractivity contribution in [3.63, 3.8) is 0 Å². The van der Waals surface area contributed by atoms with E-state index in [0.717, 1.165) is 31.3 Å². The Balaban J connectivity index is 0.00000132. The Morgan fingerprint density at radius 2 is 1.48 bits per heavy atom. The van der Waals surface area contributed by atoms with E-state index in [0.29, 0.717) is 24.7 Å². The molecule has 3 aliphatic rings. The van der Waals surface area contributed by atoms with E-state index in [4.69, 9.17) is 0 Å². The first kappa shape index (κ1) is 21.9. The molecule has 3 unspecified atom stereocenters. The van der Waals surface area contributed by atoms with E-state index < -0.39 is 12.3 Å². The molecule has 2 radical (unpaired) electrons. The van der Waals surface area contributed by atoms with Crippen LogP contribution in [0.3, 0.4) is 0 Å². The zero-order valence-electron chi connectivity index (χ0n) is 13.3. The van der Waals surface area contributed by atoms with Crippen LogP contribution in [0, 0.1) is 30.6 Å². The molecule has 0 aromatic heterocycles. The Hall–Kier alpha value is 0.855. The van der Waals surface area contributed by atoms with Gasteiger partial charge >= 0.3 is 0 Å². The van der Waals surface area contributed by atoms with Crippen molar-refractivity contribution >= 4 is 0 Å². The first-order chi connectivity index (χ1) is 10.1. The third-order valence-corrected chi connectivity index (χ3v) is 5.65. The number of alkyl halides is 2. The average molecular weight is 671 g/mol. The Kier molecular flexibility index (Phi) is 9.63. The van der Waals surface area contributed by atoms with Gasteiger partial charge in [0.2, 0.25) is 0 Å². The summed E-state index contributed by atoms with van der Waals surface area (Å²) in [5.74, 6) is 0.817. The topological polar surface area (TPSA) is 0 Å². The first-order valence-corrected chi connectivity index (χ1v) is 8.45. The van der Waals surface area contributed by atoms with Gasteiger partial charge in [0.15, 0.2) is 0 Å². The average Bonchev–Trinajstić information content (AvgIpc) is 2.47. The summed E-state index contributed by atoms with van der Waals surface area (Å²) in [5, 5.41) is 0. The molecular formula is C18H25F3Re2-2. The second kappa shape index (κ2) is 10.1. The van der Waals surface area contributed by atoms with Crippen molar-refractivity contribution in [1.82, 2.24) is 0 Å². The molecule has 0 aliphatic heterocycles. The monoisotopic (exact) mass is 672 g/mol. The van der Waals surface area contributed by atoms with Crippen molar-refractivity contribution < 1.29 is 54.0 Å². The van der Waals surface area contributed by atoms with Crippen LogP contribution in [-0.4, -0.2) is 12.3 Å². The molecule has 5 heteroatoms. The van der Waals surface area contributed by atoms with Crippen LogP contribution in [-0.2, 0) is 40.8 Å². The van der Waals surface area contributed by atoms with Crippen LogP contribution < -0.4 is 0 Å². The molecule has 3 rings (SSSR count). The number of rotatable bonds is 2. The van der Waals surface area contributed by atoms with Crippen molar-refractivity contribution in [2.45, 2.75) is 70.1 Å². The van der Waals surface area contributed by atoms with Crippen LogP contribution in [0.4, 0.5) is 13.2 Å². The fourth-order valence-corrected chi connectivity index (χ4v) is 4.50. The summed E-state index contributed by atoms with van der Waals surface area (Å²) in [6.45, 7) is 0. The zero-order valence-corrected chi connectivity index (χ0v) is 18.7. The van der Waals surface area contributed by atoms with Crippen LogP contribution in [0.1, 0.15) is 57.8 Å². The number of allylic oxidation sites excluding steroid dienone is 2. The molecule has 0 aromatic carbocycles. The van der Waals surface area contributed by atoms with Gasteiger partial charge in [0.05, 0.1) is 5.83 Å². The molecular weight excluding hydrogens is 646 g/mol. The van der Waals surface area contributed by atoms with E-state index >= 15 is 0 Å². The fraction of sp³-hybridized carbons (Fsp3) is 0.778. The van der Waals surface area contributed by atoms with Crippen LogP contribution in [0.2, 0.25) is 0 Å². The Morgan fingerprint density at radius 1 is 0.870 bits per heavy atom. The van der Waals surface area contributed by atoms with Crippen molar-refractivity contribution in [2.24, 2.45) is 17.8 Å².